The Bertz CT molecular complexity index is 740. The van der Waals surface area contributed by atoms with Crippen molar-refractivity contribution >= 4 is 49.1 Å². The largest absolute Gasteiger partial charge is 0.350 e. The van der Waals surface area contributed by atoms with Gasteiger partial charge in [0.25, 0.3) is 5.91 Å². The summed E-state index contributed by atoms with van der Waals surface area (Å²) >= 11 is 3.01. The number of rotatable bonds is 7. The molecule has 0 aliphatic heterocycles. The van der Waals surface area contributed by atoms with E-state index in [0.717, 1.165) is 27.8 Å². The van der Waals surface area contributed by atoms with Crippen molar-refractivity contribution in [1.29, 1.82) is 0 Å². The fourth-order valence-corrected chi connectivity index (χ4v) is 4.88. The van der Waals surface area contributed by atoms with Crippen LogP contribution in [0.2, 0.25) is 0 Å². The molecule has 2 aromatic rings. The summed E-state index contributed by atoms with van der Waals surface area (Å²) in [6.45, 7) is 14.3. The molecule has 0 aliphatic rings. The van der Waals surface area contributed by atoms with Gasteiger partial charge in [-0.2, -0.15) is 0 Å². The number of anilines is 1. The fourth-order valence-electron chi connectivity index (χ4n) is 2.57. The molecule has 2 amide bonds. The number of amides is 2. The van der Waals surface area contributed by atoms with Crippen LogP contribution in [0.3, 0.4) is 0 Å². The molecule has 2 aromatic heterocycles. The standard InChI is InChI=1S/C18H28N4O2S2/c1-7-21(8-2)17-19-15-12(26-17)10-13(25-15)16(24)22(9-3)11-14(23)20-18(4,5)6/h10H,7-9,11H2,1-6H3,(H,20,23). The topological polar surface area (TPSA) is 65.5 Å². The molecule has 2 rings (SSSR count). The second kappa shape index (κ2) is 8.35. The first-order valence-corrected chi connectivity index (χ1v) is 10.6. The Morgan fingerprint density at radius 3 is 2.27 bits per heavy atom. The van der Waals surface area contributed by atoms with Crippen LogP contribution in [0.15, 0.2) is 6.07 Å². The minimum atomic E-state index is -0.310. The number of nitrogens with zero attached hydrogens (tertiary/aromatic N) is 3. The van der Waals surface area contributed by atoms with Crippen LogP contribution in [-0.2, 0) is 4.79 Å². The maximum atomic E-state index is 12.8. The van der Waals surface area contributed by atoms with Gasteiger partial charge in [0.15, 0.2) is 5.13 Å². The first-order valence-electron chi connectivity index (χ1n) is 8.94. The Morgan fingerprint density at radius 2 is 1.77 bits per heavy atom. The van der Waals surface area contributed by atoms with Gasteiger partial charge >= 0.3 is 0 Å². The Morgan fingerprint density at radius 1 is 1.12 bits per heavy atom. The van der Waals surface area contributed by atoms with E-state index in [9.17, 15) is 9.59 Å². The van der Waals surface area contributed by atoms with Gasteiger partial charge in [-0.25, -0.2) is 4.98 Å². The van der Waals surface area contributed by atoms with Crippen LogP contribution in [0, 0.1) is 0 Å². The van der Waals surface area contributed by atoms with Crippen molar-refractivity contribution in [3.8, 4) is 0 Å². The van der Waals surface area contributed by atoms with Crippen molar-refractivity contribution in [2.75, 3.05) is 31.1 Å². The molecular formula is C18H28N4O2S2. The molecule has 8 heteroatoms. The van der Waals surface area contributed by atoms with Crippen molar-refractivity contribution in [3.63, 3.8) is 0 Å². The highest BCUT2D eigenvalue weighted by Gasteiger charge is 2.23. The number of likely N-dealkylation sites (N-methyl/N-ethyl adjacent to an activating group) is 1. The van der Waals surface area contributed by atoms with E-state index in [4.69, 9.17) is 0 Å². The summed E-state index contributed by atoms with van der Waals surface area (Å²) in [7, 11) is 0. The lowest BCUT2D eigenvalue weighted by molar-refractivity contribution is -0.123. The van der Waals surface area contributed by atoms with Crippen LogP contribution in [-0.4, -0.2) is 53.4 Å². The number of thiophene rings is 1. The van der Waals surface area contributed by atoms with Gasteiger partial charge in [-0.05, 0) is 47.6 Å². The van der Waals surface area contributed by atoms with Crippen LogP contribution in [0.4, 0.5) is 5.13 Å². The van der Waals surface area contributed by atoms with Gasteiger partial charge in [0.1, 0.15) is 4.83 Å². The molecule has 0 fully saturated rings. The third kappa shape index (κ3) is 4.94. The molecule has 2 heterocycles. The zero-order chi connectivity index (χ0) is 19.5. The summed E-state index contributed by atoms with van der Waals surface area (Å²) in [5.74, 6) is -0.260. The fraction of sp³-hybridized carbons (Fsp3) is 0.611. The molecule has 0 bridgehead atoms. The maximum absolute atomic E-state index is 12.8. The van der Waals surface area contributed by atoms with E-state index in [1.54, 1.807) is 16.2 Å². The van der Waals surface area contributed by atoms with Crippen LogP contribution in [0.5, 0.6) is 0 Å². The molecule has 1 N–H and O–H groups in total. The van der Waals surface area contributed by atoms with Crippen molar-refractivity contribution in [3.05, 3.63) is 10.9 Å². The number of carbonyl (C=O) groups is 2. The number of thiazole rings is 1. The van der Waals surface area contributed by atoms with E-state index < -0.39 is 0 Å². The molecule has 0 atom stereocenters. The lowest BCUT2D eigenvalue weighted by atomic mass is 10.1. The molecular weight excluding hydrogens is 368 g/mol. The van der Waals surface area contributed by atoms with E-state index in [2.05, 4.69) is 29.0 Å². The highest BCUT2D eigenvalue weighted by atomic mass is 32.1. The van der Waals surface area contributed by atoms with E-state index in [1.807, 2.05) is 33.8 Å². The molecule has 0 unspecified atom stereocenters. The number of nitrogens with one attached hydrogen (secondary N) is 1. The average Bonchev–Trinajstić information content (AvgIpc) is 3.10. The van der Waals surface area contributed by atoms with Gasteiger partial charge in [0.05, 0.1) is 16.1 Å². The van der Waals surface area contributed by atoms with Crippen molar-refractivity contribution in [2.45, 2.75) is 47.1 Å². The van der Waals surface area contributed by atoms with Crippen molar-refractivity contribution in [2.24, 2.45) is 0 Å². The van der Waals surface area contributed by atoms with Gasteiger partial charge in [0, 0.05) is 25.2 Å². The Labute approximate surface area is 163 Å². The van der Waals surface area contributed by atoms with Crippen LogP contribution in [0.1, 0.15) is 51.2 Å². The minimum absolute atomic E-state index is 0.0658. The smallest absolute Gasteiger partial charge is 0.264 e. The molecule has 144 valence electrons. The number of fused-ring (bicyclic) bond motifs is 1. The van der Waals surface area contributed by atoms with Gasteiger partial charge in [-0.3, -0.25) is 9.59 Å². The summed E-state index contributed by atoms with van der Waals surface area (Å²) in [6, 6.07) is 1.90. The Kier molecular flexibility index (Phi) is 6.63. The molecule has 6 nitrogen and oxygen atoms in total. The predicted molar refractivity (Wildman–Crippen MR) is 111 cm³/mol. The van der Waals surface area contributed by atoms with Gasteiger partial charge in [-0.15, -0.1) is 11.3 Å². The van der Waals surface area contributed by atoms with Gasteiger partial charge < -0.3 is 15.1 Å². The van der Waals surface area contributed by atoms with E-state index >= 15 is 0 Å². The SMILES string of the molecule is CCN(CC(=O)NC(C)(C)C)C(=O)c1cc2sc(N(CC)CC)nc2s1. The summed E-state index contributed by atoms with van der Waals surface area (Å²) in [6.07, 6.45) is 0. The van der Waals surface area contributed by atoms with Crippen LogP contribution >= 0.6 is 22.7 Å². The quantitative estimate of drug-likeness (QED) is 0.777. The molecule has 0 aromatic carbocycles. The van der Waals surface area contributed by atoms with Crippen molar-refractivity contribution < 1.29 is 9.59 Å². The van der Waals surface area contributed by atoms with Gasteiger partial charge in [-0.1, -0.05) is 11.3 Å². The van der Waals surface area contributed by atoms with Crippen LogP contribution < -0.4 is 10.2 Å². The molecule has 0 spiro atoms. The zero-order valence-corrected chi connectivity index (χ0v) is 18.0. The third-order valence-corrected chi connectivity index (χ3v) is 6.05. The molecule has 0 saturated carbocycles. The second-order valence-corrected chi connectivity index (χ2v) is 9.11. The number of hydrogen-bond acceptors (Lipinski definition) is 6. The van der Waals surface area contributed by atoms with E-state index in [1.165, 1.54) is 11.3 Å². The monoisotopic (exact) mass is 396 g/mol. The summed E-state index contributed by atoms with van der Waals surface area (Å²) in [4.78, 5) is 34.9. The molecule has 0 radical (unpaired) electrons. The molecule has 0 aliphatic carbocycles. The second-order valence-electron chi connectivity index (χ2n) is 7.07. The zero-order valence-electron chi connectivity index (χ0n) is 16.4. The number of aromatic nitrogens is 1. The molecule has 26 heavy (non-hydrogen) atoms. The summed E-state index contributed by atoms with van der Waals surface area (Å²) < 4.78 is 1.02. The molecule has 0 saturated heterocycles. The number of carbonyl (C=O) groups excluding carboxylic acids is 2. The minimum Gasteiger partial charge on any atom is -0.350 e. The first kappa shape index (κ1) is 20.6. The summed E-state index contributed by atoms with van der Waals surface area (Å²) in [5.41, 5.74) is -0.310. The average molecular weight is 397 g/mol. The Hall–Kier alpha value is -1.67. The first-order chi connectivity index (χ1) is 12.2. The van der Waals surface area contributed by atoms with Crippen molar-refractivity contribution in [1.82, 2.24) is 15.2 Å². The van der Waals surface area contributed by atoms with E-state index in [0.29, 0.717) is 11.4 Å². The number of hydrogen-bond donors (Lipinski definition) is 1. The third-order valence-electron chi connectivity index (χ3n) is 3.84. The predicted octanol–water partition coefficient (Wildman–Crippen LogP) is 3.58. The lowest BCUT2D eigenvalue weighted by Gasteiger charge is -2.24. The van der Waals surface area contributed by atoms with Crippen LogP contribution in [0.25, 0.3) is 9.53 Å². The van der Waals surface area contributed by atoms with E-state index in [-0.39, 0.29) is 23.9 Å². The summed E-state index contributed by atoms with van der Waals surface area (Å²) in [5, 5.41) is 3.89. The highest BCUT2D eigenvalue weighted by Crippen LogP contribution is 2.35. The normalized spacial score (nSPS) is 11.6. The highest BCUT2D eigenvalue weighted by molar-refractivity contribution is 7.29. The Balaban J connectivity index is 2.14. The lowest BCUT2D eigenvalue weighted by Crippen LogP contribution is -2.47. The van der Waals surface area contributed by atoms with Gasteiger partial charge in [0.2, 0.25) is 5.91 Å². The maximum Gasteiger partial charge on any atom is 0.264 e.